The summed E-state index contributed by atoms with van der Waals surface area (Å²) in [5.41, 5.74) is 7.87. The topological polar surface area (TPSA) is 3.24 Å². The molecule has 150 valence electrons. The molecule has 0 amide bonds. The number of piperidine rings is 3. The van der Waals surface area contributed by atoms with Crippen LogP contribution in [0.5, 0.6) is 0 Å². The van der Waals surface area contributed by atoms with E-state index in [9.17, 15) is 0 Å². The molecule has 1 nitrogen and oxygen atoms in total. The zero-order valence-electron chi connectivity index (χ0n) is 18.1. The molecule has 0 N–H and O–H groups in total. The van der Waals surface area contributed by atoms with Crippen molar-refractivity contribution in [2.75, 3.05) is 13.1 Å². The van der Waals surface area contributed by atoms with E-state index in [-0.39, 0.29) is 0 Å². The van der Waals surface area contributed by atoms with Crippen LogP contribution in [0, 0.1) is 11.8 Å². The first kappa shape index (κ1) is 20.7. The molecule has 0 aliphatic carbocycles. The fourth-order valence-corrected chi connectivity index (χ4v) is 4.77. The number of rotatable bonds is 8. The van der Waals surface area contributed by atoms with Gasteiger partial charge in [-0.2, -0.15) is 0 Å². The minimum Gasteiger partial charge on any atom is -0.371 e. The molecule has 0 saturated carbocycles. The second-order valence-electron chi connectivity index (χ2n) is 8.61. The molecule has 0 unspecified atom stereocenters. The Balaban J connectivity index is 1.72. The molecule has 1 aromatic carbocycles. The van der Waals surface area contributed by atoms with Crippen LogP contribution in [-0.4, -0.2) is 18.0 Å². The van der Waals surface area contributed by atoms with Crippen LogP contribution in [0.2, 0.25) is 0 Å². The highest BCUT2D eigenvalue weighted by Gasteiger charge is 2.31. The number of allylic oxidation sites excluding steroid dienone is 3. The summed E-state index contributed by atoms with van der Waals surface area (Å²) >= 11 is 0. The van der Waals surface area contributed by atoms with Gasteiger partial charge in [-0.3, -0.25) is 0 Å². The average Bonchev–Trinajstić information content (AvgIpc) is 2.71. The van der Waals surface area contributed by atoms with Crippen molar-refractivity contribution >= 4 is 12.2 Å². The molecule has 3 heterocycles. The van der Waals surface area contributed by atoms with E-state index in [0.29, 0.717) is 11.8 Å². The first-order chi connectivity index (χ1) is 13.5. The van der Waals surface area contributed by atoms with Gasteiger partial charge >= 0.3 is 0 Å². The Morgan fingerprint density at radius 2 is 1.64 bits per heavy atom. The predicted octanol–water partition coefficient (Wildman–Crippen LogP) is 7.49. The number of benzene rings is 1. The molecule has 3 aliphatic rings. The third-order valence-corrected chi connectivity index (χ3v) is 6.55. The van der Waals surface area contributed by atoms with Crippen molar-refractivity contribution < 1.29 is 0 Å². The molecule has 1 aromatic rings. The summed E-state index contributed by atoms with van der Waals surface area (Å²) in [7, 11) is 0. The molecular weight excluding hydrogens is 338 g/mol. The molecule has 0 atom stereocenters. The van der Waals surface area contributed by atoms with Crippen molar-refractivity contribution in [1.29, 1.82) is 0 Å². The van der Waals surface area contributed by atoms with Crippen LogP contribution >= 0.6 is 0 Å². The highest BCUT2D eigenvalue weighted by atomic mass is 15.2. The Kier molecular flexibility index (Phi) is 6.99. The van der Waals surface area contributed by atoms with Crippen molar-refractivity contribution in [2.24, 2.45) is 11.8 Å². The van der Waals surface area contributed by atoms with Gasteiger partial charge in [0, 0.05) is 18.8 Å². The maximum Gasteiger partial charge on any atom is 0.0401 e. The van der Waals surface area contributed by atoms with E-state index >= 15 is 0 Å². The Bertz CT molecular complexity index is 748. The number of nitrogens with zero attached hydrogens (tertiary/aromatic N) is 1. The highest BCUT2D eigenvalue weighted by Crippen LogP contribution is 2.38. The third-order valence-electron chi connectivity index (χ3n) is 6.55. The fraction of sp³-hybridized carbons (Fsp3) is 0.481. The van der Waals surface area contributed by atoms with E-state index in [4.69, 9.17) is 0 Å². The minimum atomic E-state index is 0.622. The lowest BCUT2D eigenvalue weighted by atomic mass is 9.82. The summed E-state index contributed by atoms with van der Waals surface area (Å²) in [6.45, 7) is 17.9. The first-order valence-corrected chi connectivity index (χ1v) is 11.2. The SMILES string of the molecule is C=C1/C(=C/c2ccc(/C=C(\C)C(=C)C(CCC)CCC)cc2)N2CCC1CC2. The molecule has 2 bridgehead atoms. The van der Waals surface area contributed by atoms with Gasteiger partial charge < -0.3 is 4.90 Å². The van der Waals surface area contributed by atoms with Gasteiger partial charge in [0.2, 0.25) is 0 Å². The van der Waals surface area contributed by atoms with Crippen LogP contribution in [0.15, 0.2) is 59.8 Å². The van der Waals surface area contributed by atoms with Crippen LogP contribution < -0.4 is 0 Å². The maximum atomic E-state index is 4.42. The molecule has 1 heteroatoms. The lowest BCUT2D eigenvalue weighted by Gasteiger charge is -2.44. The summed E-state index contributed by atoms with van der Waals surface area (Å²) in [6, 6.07) is 8.94. The zero-order valence-corrected chi connectivity index (χ0v) is 18.1. The molecule has 0 radical (unpaired) electrons. The van der Waals surface area contributed by atoms with Crippen LogP contribution in [0.3, 0.4) is 0 Å². The standard InChI is InChI=1S/C27H37N/c1-6-8-25(9-7-2)21(4)20(3)18-23-10-12-24(13-11-23)19-27-22(5)26-14-16-28(27)17-15-26/h10-13,18-19,25-26H,4-9,14-17H2,1-3H3/b20-18+,27-19-. The minimum absolute atomic E-state index is 0.622. The quantitative estimate of drug-likeness (QED) is 0.425. The summed E-state index contributed by atoms with van der Waals surface area (Å²) < 4.78 is 0. The molecule has 0 spiro atoms. The largest absolute Gasteiger partial charge is 0.371 e. The van der Waals surface area contributed by atoms with Crippen LogP contribution in [0.1, 0.15) is 70.4 Å². The summed E-state index contributed by atoms with van der Waals surface area (Å²) in [6.07, 6.45) is 12.1. The van der Waals surface area contributed by atoms with Crippen molar-refractivity contribution in [1.82, 2.24) is 4.90 Å². The second kappa shape index (κ2) is 9.45. The first-order valence-electron chi connectivity index (χ1n) is 11.2. The van der Waals surface area contributed by atoms with E-state index in [1.807, 2.05) is 0 Å². The molecule has 3 aliphatic heterocycles. The van der Waals surface area contributed by atoms with Crippen molar-refractivity contribution in [3.63, 3.8) is 0 Å². The summed E-state index contributed by atoms with van der Waals surface area (Å²) in [4.78, 5) is 2.51. The summed E-state index contributed by atoms with van der Waals surface area (Å²) in [5, 5.41) is 0. The van der Waals surface area contributed by atoms with Crippen molar-refractivity contribution in [3.05, 3.63) is 71.0 Å². The Labute approximate surface area is 172 Å². The molecule has 0 aromatic heterocycles. The van der Waals surface area contributed by atoms with Crippen molar-refractivity contribution in [2.45, 2.75) is 59.3 Å². The maximum absolute atomic E-state index is 4.42. The molecule has 3 fully saturated rings. The predicted molar refractivity (Wildman–Crippen MR) is 124 cm³/mol. The zero-order chi connectivity index (χ0) is 20.1. The molecule has 3 saturated heterocycles. The Hall–Kier alpha value is -2.02. The van der Waals surface area contributed by atoms with Gasteiger partial charge in [0.1, 0.15) is 0 Å². The van der Waals surface area contributed by atoms with E-state index in [2.05, 4.69) is 75.2 Å². The van der Waals surface area contributed by atoms with Crippen LogP contribution in [-0.2, 0) is 0 Å². The van der Waals surface area contributed by atoms with E-state index in [1.54, 1.807) is 0 Å². The van der Waals surface area contributed by atoms with E-state index < -0.39 is 0 Å². The Morgan fingerprint density at radius 3 is 2.18 bits per heavy atom. The number of fused-ring (bicyclic) bond motifs is 3. The highest BCUT2D eigenvalue weighted by molar-refractivity contribution is 5.63. The van der Waals surface area contributed by atoms with Crippen LogP contribution in [0.25, 0.3) is 12.2 Å². The normalized spacial score (nSPS) is 19.1. The third kappa shape index (κ3) is 4.69. The fourth-order valence-electron chi connectivity index (χ4n) is 4.77. The van der Waals surface area contributed by atoms with Gasteiger partial charge in [-0.25, -0.2) is 0 Å². The molecular formula is C27H37N. The number of hydrogen-bond acceptors (Lipinski definition) is 1. The second-order valence-corrected chi connectivity index (χ2v) is 8.61. The molecule has 4 rings (SSSR count). The van der Waals surface area contributed by atoms with Gasteiger partial charge in [0.15, 0.2) is 0 Å². The van der Waals surface area contributed by atoms with Gasteiger partial charge in [-0.05, 0) is 78.4 Å². The lowest BCUT2D eigenvalue weighted by Crippen LogP contribution is -2.40. The lowest BCUT2D eigenvalue weighted by molar-refractivity contribution is 0.209. The van der Waals surface area contributed by atoms with E-state index in [1.165, 1.54) is 85.2 Å². The van der Waals surface area contributed by atoms with Crippen molar-refractivity contribution in [3.8, 4) is 0 Å². The average molecular weight is 376 g/mol. The van der Waals surface area contributed by atoms with Gasteiger partial charge in [-0.1, -0.05) is 70.2 Å². The number of hydrogen-bond donors (Lipinski definition) is 0. The van der Waals surface area contributed by atoms with Gasteiger partial charge in [0.25, 0.3) is 0 Å². The van der Waals surface area contributed by atoms with Gasteiger partial charge in [0.05, 0.1) is 0 Å². The monoisotopic (exact) mass is 375 g/mol. The van der Waals surface area contributed by atoms with E-state index in [0.717, 1.165) is 0 Å². The summed E-state index contributed by atoms with van der Waals surface area (Å²) in [5.74, 6) is 1.32. The van der Waals surface area contributed by atoms with Crippen LogP contribution in [0.4, 0.5) is 0 Å². The Morgan fingerprint density at radius 1 is 1.07 bits per heavy atom. The smallest absolute Gasteiger partial charge is 0.0401 e. The van der Waals surface area contributed by atoms with Gasteiger partial charge in [-0.15, -0.1) is 0 Å². The molecule has 28 heavy (non-hydrogen) atoms.